The largest absolute Gasteiger partial charge is 0.296 e. The van der Waals surface area contributed by atoms with E-state index < -0.39 is 0 Å². The maximum absolute atomic E-state index is 12.7. The molecule has 0 radical (unpaired) electrons. The number of hydrogen-bond donors (Lipinski definition) is 1. The highest BCUT2D eigenvalue weighted by Crippen LogP contribution is 2.23. The van der Waals surface area contributed by atoms with Crippen LogP contribution in [-0.2, 0) is 6.42 Å². The van der Waals surface area contributed by atoms with Crippen LogP contribution in [0.15, 0.2) is 22.8 Å². The summed E-state index contributed by atoms with van der Waals surface area (Å²) in [6.45, 7) is 5.92. The molecule has 0 saturated heterocycles. The first-order valence-corrected chi connectivity index (χ1v) is 8.52. The number of nitrogens with zero attached hydrogens (tertiary/aromatic N) is 3. The minimum absolute atomic E-state index is 0.184. The Morgan fingerprint density at radius 3 is 2.77 bits per heavy atom. The number of fused-ring (bicyclic) bond motifs is 1. The summed E-state index contributed by atoms with van der Waals surface area (Å²) in [4.78, 5) is 22.7. The van der Waals surface area contributed by atoms with Gasteiger partial charge in [0.05, 0.1) is 11.4 Å². The number of hydrogen-bond acceptors (Lipinski definition) is 4. The number of pyridine rings is 1. The quantitative estimate of drug-likeness (QED) is 0.749. The average molecular weight is 379 g/mol. The number of rotatable bonds is 3. The fourth-order valence-electron chi connectivity index (χ4n) is 2.24. The molecule has 3 rings (SSSR count). The summed E-state index contributed by atoms with van der Waals surface area (Å²) in [6.07, 6.45) is 2.55. The third-order valence-corrected chi connectivity index (χ3v) is 4.91. The van der Waals surface area contributed by atoms with Gasteiger partial charge in [0, 0.05) is 15.5 Å². The molecule has 0 unspecified atom stereocenters. The van der Waals surface area contributed by atoms with Gasteiger partial charge in [-0.3, -0.25) is 14.5 Å². The van der Waals surface area contributed by atoms with Crippen LogP contribution in [0.4, 0.5) is 5.13 Å². The Morgan fingerprint density at radius 1 is 1.36 bits per heavy atom. The summed E-state index contributed by atoms with van der Waals surface area (Å²) >= 11 is 4.92. The molecule has 3 heterocycles. The van der Waals surface area contributed by atoms with Gasteiger partial charge in [0.2, 0.25) is 0 Å². The number of anilines is 1. The predicted molar refractivity (Wildman–Crippen MR) is 91.8 cm³/mol. The lowest BCUT2D eigenvalue weighted by Gasteiger charge is -2.04. The van der Waals surface area contributed by atoms with Gasteiger partial charge in [-0.25, -0.2) is 9.97 Å². The van der Waals surface area contributed by atoms with Crippen LogP contribution in [0.25, 0.3) is 5.65 Å². The highest BCUT2D eigenvalue weighted by atomic mass is 79.9. The molecular formula is C15H15BrN4OS. The van der Waals surface area contributed by atoms with Gasteiger partial charge < -0.3 is 0 Å². The van der Waals surface area contributed by atoms with Crippen LogP contribution in [0.5, 0.6) is 0 Å². The summed E-state index contributed by atoms with van der Waals surface area (Å²) in [5, 5.41) is 3.50. The van der Waals surface area contributed by atoms with Crippen molar-refractivity contribution in [1.82, 2.24) is 14.4 Å². The lowest BCUT2D eigenvalue weighted by molar-refractivity contribution is 0.102. The monoisotopic (exact) mass is 378 g/mol. The average Bonchev–Trinajstić information content (AvgIpc) is 2.98. The molecule has 0 atom stereocenters. The summed E-state index contributed by atoms with van der Waals surface area (Å²) in [5.41, 5.74) is 3.04. The van der Waals surface area contributed by atoms with Crippen LogP contribution in [0.2, 0.25) is 0 Å². The topological polar surface area (TPSA) is 59.3 Å². The van der Waals surface area contributed by atoms with E-state index in [1.807, 2.05) is 43.5 Å². The van der Waals surface area contributed by atoms with Crippen LogP contribution in [0, 0.1) is 13.8 Å². The first-order valence-electron chi connectivity index (χ1n) is 6.91. The molecule has 0 aliphatic heterocycles. The van der Waals surface area contributed by atoms with Crippen molar-refractivity contribution in [2.75, 3.05) is 5.32 Å². The highest BCUT2D eigenvalue weighted by Gasteiger charge is 2.19. The number of imidazole rings is 1. The standard InChI is InChI=1S/C15H15BrN4OS/c1-4-11-13(20-7-10(16)5-6-12(20)18-11)14(21)19-15-17-8(2)9(3)22-15/h5-7H,4H2,1-3H3,(H,17,19,21). The minimum atomic E-state index is -0.184. The molecule has 0 aliphatic carbocycles. The summed E-state index contributed by atoms with van der Waals surface area (Å²) in [7, 11) is 0. The minimum Gasteiger partial charge on any atom is -0.296 e. The third kappa shape index (κ3) is 2.66. The van der Waals surface area contributed by atoms with Crippen molar-refractivity contribution in [1.29, 1.82) is 0 Å². The van der Waals surface area contributed by atoms with Gasteiger partial charge >= 0.3 is 0 Å². The molecule has 1 N–H and O–H groups in total. The number of aromatic nitrogens is 3. The van der Waals surface area contributed by atoms with Crippen molar-refractivity contribution in [3.8, 4) is 0 Å². The molecule has 3 aromatic heterocycles. The molecule has 114 valence electrons. The Bertz CT molecular complexity index is 848. The molecule has 3 aromatic rings. The van der Waals surface area contributed by atoms with E-state index in [1.54, 1.807) is 0 Å². The number of nitrogens with one attached hydrogen (secondary N) is 1. The second kappa shape index (κ2) is 5.81. The first kappa shape index (κ1) is 15.2. The van der Waals surface area contributed by atoms with Crippen molar-refractivity contribution >= 4 is 44.0 Å². The zero-order chi connectivity index (χ0) is 15.9. The SMILES string of the molecule is CCc1nc2ccc(Br)cn2c1C(=O)Nc1nc(C)c(C)s1. The van der Waals surface area contributed by atoms with Crippen molar-refractivity contribution in [2.24, 2.45) is 0 Å². The molecule has 1 amide bonds. The van der Waals surface area contributed by atoms with Crippen LogP contribution in [-0.4, -0.2) is 20.3 Å². The third-order valence-electron chi connectivity index (χ3n) is 3.45. The van der Waals surface area contributed by atoms with E-state index >= 15 is 0 Å². The maximum Gasteiger partial charge on any atom is 0.276 e. The number of thiazole rings is 1. The molecule has 0 aromatic carbocycles. The smallest absolute Gasteiger partial charge is 0.276 e. The Kier molecular flexibility index (Phi) is 4.01. The summed E-state index contributed by atoms with van der Waals surface area (Å²) in [5.74, 6) is -0.184. The van der Waals surface area contributed by atoms with Gasteiger partial charge in [0.1, 0.15) is 11.3 Å². The molecular weight excluding hydrogens is 364 g/mol. The maximum atomic E-state index is 12.7. The normalized spacial score (nSPS) is 11.1. The van der Waals surface area contributed by atoms with E-state index in [1.165, 1.54) is 11.3 Å². The fourth-order valence-corrected chi connectivity index (χ4v) is 3.38. The zero-order valence-corrected chi connectivity index (χ0v) is 14.9. The Balaban J connectivity index is 2.04. The molecule has 22 heavy (non-hydrogen) atoms. The lowest BCUT2D eigenvalue weighted by atomic mass is 10.2. The van der Waals surface area contributed by atoms with Gasteiger partial charge in [-0.1, -0.05) is 6.92 Å². The number of halogens is 1. The molecule has 0 aliphatic rings. The summed E-state index contributed by atoms with van der Waals surface area (Å²) < 4.78 is 2.71. The van der Waals surface area contributed by atoms with Gasteiger partial charge in [-0.15, -0.1) is 11.3 Å². The lowest BCUT2D eigenvalue weighted by Crippen LogP contribution is -2.16. The van der Waals surface area contributed by atoms with Crippen molar-refractivity contribution in [2.45, 2.75) is 27.2 Å². The van der Waals surface area contributed by atoms with Gasteiger partial charge in [-0.05, 0) is 48.3 Å². The number of carbonyl (C=O) groups is 1. The first-order chi connectivity index (χ1) is 10.5. The molecule has 0 spiro atoms. The predicted octanol–water partition coefficient (Wildman–Crippen LogP) is 3.98. The number of carbonyl (C=O) groups excluding carboxylic acids is 1. The molecule has 0 bridgehead atoms. The Labute approximate surface area is 140 Å². The van der Waals surface area contributed by atoms with Crippen molar-refractivity contribution < 1.29 is 4.79 Å². The Morgan fingerprint density at radius 2 is 2.14 bits per heavy atom. The summed E-state index contributed by atoms with van der Waals surface area (Å²) in [6, 6.07) is 3.80. The zero-order valence-electron chi connectivity index (χ0n) is 12.5. The van der Waals surface area contributed by atoms with E-state index in [0.717, 1.165) is 26.4 Å². The molecule has 0 fully saturated rings. The van der Waals surface area contributed by atoms with Gasteiger partial charge in [0.25, 0.3) is 5.91 Å². The fraction of sp³-hybridized carbons (Fsp3) is 0.267. The molecule has 7 heteroatoms. The molecule has 5 nitrogen and oxygen atoms in total. The van der Waals surface area contributed by atoms with Crippen molar-refractivity contribution in [3.63, 3.8) is 0 Å². The second-order valence-corrected chi connectivity index (χ2v) is 7.07. The van der Waals surface area contributed by atoms with Gasteiger partial charge in [-0.2, -0.15) is 0 Å². The number of aryl methyl sites for hydroxylation is 3. The number of amides is 1. The van der Waals surface area contributed by atoms with Crippen LogP contribution in [0.1, 0.15) is 33.7 Å². The highest BCUT2D eigenvalue weighted by molar-refractivity contribution is 9.10. The van der Waals surface area contributed by atoms with E-state index in [9.17, 15) is 4.79 Å². The van der Waals surface area contributed by atoms with E-state index in [0.29, 0.717) is 17.2 Å². The Hall–Kier alpha value is -1.73. The van der Waals surface area contributed by atoms with E-state index in [-0.39, 0.29) is 5.91 Å². The van der Waals surface area contributed by atoms with Crippen molar-refractivity contribution in [3.05, 3.63) is 44.8 Å². The van der Waals surface area contributed by atoms with Crippen LogP contribution < -0.4 is 5.32 Å². The molecule has 0 saturated carbocycles. The van der Waals surface area contributed by atoms with Crippen LogP contribution in [0.3, 0.4) is 0 Å². The second-order valence-electron chi connectivity index (χ2n) is 4.95. The van der Waals surface area contributed by atoms with Gasteiger partial charge in [0.15, 0.2) is 5.13 Å². The van der Waals surface area contributed by atoms with Crippen LogP contribution >= 0.6 is 27.3 Å². The van der Waals surface area contributed by atoms with E-state index in [4.69, 9.17) is 0 Å². The van der Waals surface area contributed by atoms with E-state index in [2.05, 4.69) is 31.2 Å².